The molecule has 102 valence electrons. The number of carbonyl (C=O) groups is 3. The van der Waals surface area contributed by atoms with Gasteiger partial charge >= 0.3 is 5.97 Å². The summed E-state index contributed by atoms with van der Waals surface area (Å²) in [6, 6.07) is 0. The van der Waals surface area contributed by atoms with Crippen LogP contribution in [0.15, 0.2) is 0 Å². The van der Waals surface area contributed by atoms with Crippen LogP contribution in [0.4, 0.5) is 0 Å². The molecular formula is C13H21NO4. The fraction of sp³-hybridized carbons (Fsp3) is 0.769. The number of carboxylic acids is 1. The van der Waals surface area contributed by atoms with Crippen molar-refractivity contribution in [1.29, 1.82) is 0 Å². The van der Waals surface area contributed by atoms with Crippen molar-refractivity contribution in [1.82, 2.24) is 4.90 Å². The third-order valence-corrected chi connectivity index (χ3v) is 3.57. The van der Waals surface area contributed by atoms with E-state index in [0.29, 0.717) is 25.8 Å². The van der Waals surface area contributed by atoms with Crippen molar-refractivity contribution in [2.24, 2.45) is 11.8 Å². The molecule has 0 aromatic carbocycles. The van der Waals surface area contributed by atoms with Gasteiger partial charge in [0.1, 0.15) is 0 Å². The molecule has 1 aliphatic rings. The van der Waals surface area contributed by atoms with E-state index in [-0.39, 0.29) is 30.1 Å². The molecule has 18 heavy (non-hydrogen) atoms. The molecular weight excluding hydrogens is 234 g/mol. The van der Waals surface area contributed by atoms with Crippen molar-refractivity contribution in [3.05, 3.63) is 0 Å². The second-order valence-electron chi connectivity index (χ2n) is 4.98. The average Bonchev–Trinajstić information content (AvgIpc) is 2.54. The van der Waals surface area contributed by atoms with Crippen LogP contribution in [0.5, 0.6) is 0 Å². The summed E-state index contributed by atoms with van der Waals surface area (Å²) in [6.07, 6.45) is 2.65. The molecule has 0 aliphatic carbocycles. The Labute approximate surface area is 107 Å². The molecule has 5 nitrogen and oxygen atoms in total. The van der Waals surface area contributed by atoms with Crippen molar-refractivity contribution in [3.63, 3.8) is 0 Å². The number of imide groups is 1. The lowest BCUT2D eigenvalue weighted by atomic mass is 9.96. The summed E-state index contributed by atoms with van der Waals surface area (Å²) in [5.41, 5.74) is 0. The van der Waals surface area contributed by atoms with Gasteiger partial charge in [-0.05, 0) is 18.8 Å². The Hall–Kier alpha value is -1.39. The van der Waals surface area contributed by atoms with Gasteiger partial charge in [0.05, 0.1) is 0 Å². The third kappa shape index (κ3) is 3.82. The van der Waals surface area contributed by atoms with Crippen LogP contribution in [0, 0.1) is 11.8 Å². The van der Waals surface area contributed by atoms with E-state index in [1.54, 1.807) is 6.92 Å². The Balaban J connectivity index is 2.40. The minimum Gasteiger partial charge on any atom is -0.481 e. The number of carbonyl (C=O) groups excluding carboxylic acids is 2. The van der Waals surface area contributed by atoms with E-state index in [9.17, 15) is 14.4 Å². The zero-order valence-corrected chi connectivity index (χ0v) is 11.0. The molecule has 1 saturated heterocycles. The number of carboxylic acid groups (broad SMARTS) is 1. The predicted octanol–water partition coefficient (Wildman–Crippen LogP) is 1.66. The van der Waals surface area contributed by atoms with E-state index in [4.69, 9.17) is 5.11 Å². The van der Waals surface area contributed by atoms with Gasteiger partial charge in [0.25, 0.3) is 0 Å². The van der Waals surface area contributed by atoms with Crippen molar-refractivity contribution >= 4 is 17.8 Å². The lowest BCUT2D eigenvalue weighted by Crippen LogP contribution is -2.32. The Morgan fingerprint density at radius 2 is 2.11 bits per heavy atom. The van der Waals surface area contributed by atoms with Crippen LogP contribution in [-0.4, -0.2) is 34.3 Å². The predicted molar refractivity (Wildman–Crippen MR) is 65.8 cm³/mol. The van der Waals surface area contributed by atoms with Crippen molar-refractivity contribution in [3.8, 4) is 0 Å². The maximum atomic E-state index is 11.7. The zero-order valence-electron chi connectivity index (χ0n) is 11.0. The Bertz CT molecular complexity index is 340. The summed E-state index contributed by atoms with van der Waals surface area (Å²) in [6.45, 7) is 4.20. The zero-order chi connectivity index (χ0) is 13.7. The monoisotopic (exact) mass is 255 g/mol. The van der Waals surface area contributed by atoms with E-state index in [1.807, 2.05) is 6.92 Å². The topological polar surface area (TPSA) is 74.7 Å². The molecule has 1 fully saturated rings. The maximum Gasteiger partial charge on any atom is 0.303 e. The first-order chi connectivity index (χ1) is 8.45. The molecule has 0 saturated carbocycles. The van der Waals surface area contributed by atoms with Gasteiger partial charge in [-0.2, -0.15) is 0 Å². The summed E-state index contributed by atoms with van der Waals surface area (Å²) in [7, 11) is 0. The second-order valence-corrected chi connectivity index (χ2v) is 4.98. The Morgan fingerprint density at radius 3 is 2.56 bits per heavy atom. The number of hydrogen-bond donors (Lipinski definition) is 1. The summed E-state index contributed by atoms with van der Waals surface area (Å²) in [5.74, 6) is -0.918. The molecule has 1 rings (SSSR count). The first-order valence-corrected chi connectivity index (χ1v) is 6.51. The highest BCUT2D eigenvalue weighted by molar-refractivity contribution is 6.03. The normalized spacial score (nSPS) is 21.4. The molecule has 5 heteroatoms. The highest BCUT2D eigenvalue weighted by atomic mass is 16.4. The van der Waals surface area contributed by atoms with Gasteiger partial charge in [-0.15, -0.1) is 0 Å². The van der Waals surface area contributed by atoms with Crippen LogP contribution in [0.25, 0.3) is 0 Å². The van der Waals surface area contributed by atoms with Crippen LogP contribution in [-0.2, 0) is 14.4 Å². The standard InChI is InChI=1S/C13H21NO4/c1-3-10(4-5-12(16)17)6-7-14-11(15)8-9(2)13(14)18/h9-10H,3-8H2,1-2H3,(H,16,17). The average molecular weight is 255 g/mol. The van der Waals surface area contributed by atoms with E-state index in [2.05, 4.69) is 0 Å². The van der Waals surface area contributed by atoms with E-state index < -0.39 is 5.97 Å². The van der Waals surface area contributed by atoms with Gasteiger partial charge in [0.15, 0.2) is 0 Å². The number of likely N-dealkylation sites (tertiary alicyclic amines) is 1. The number of nitrogens with zero attached hydrogens (tertiary/aromatic N) is 1. The molecule has 0 aromatic rings. The highest BCUT2D eigenvalue weighted by Gasteiger charge is 2.35. The van der Waals surface area contributed by atoms with Crippen LogP contribution >= 0.6 is 0 Å². The maximum absolute atomic E-state index is 11.7. The molecule has 2 atom stereocenters. The highest BCUT2D eigenvalue weighted by Crippen LogP contribution is 2.22. The van der Waals surface area contributed by atoms with Crippen LogP contribution in [0.2, 0.25) is 0 Å². The molecule has 1 aliphatic heterocycles. The smallest absolute Gasteiger partial charge is 0.303 e. The van der Waals surface area contributed by atoms with Crippen molar-refractivity contribution < 1.29 is 19.5 Å². The molecule has 1 heterocycles. The fourth-order valence-corrected chi connectivity index (χ4v) is 2.28. The molecule has 0 radical (unpaired) electrons. The van der Waals surface area contributed by atoms with Gasteiger partial charge in [-0.3, -0.25) is 19.3 Å². The molecule has 0 aromatic heterocycles. The lowest BCUT2D eigenvalue weighted by Gasteiger charge is -2.19. The Kier molecular flexibility index (Phi) is 5.31. The lowest BCUT2D eigenvalue weighted by molar-refractivity contribution is -0.140. The number of hydrogen-bond acceptors (Lipinski definition) is 3. The van der Waals surface area contributed by atoms with Gasteiger partial charge in [0.2, 0.25) is 11.8 Å². The Morgan fingerprint density at radius 1 is 1.44 bits per heavy atom. The van der Waals surface area contributed by atoms with Gasteiger partial charge in [-0.25, -0.2) is 0 Å². The molecule has 2 unspecified atom stereocenters. The molecule has 0 spiro atoms. The number of aliphatic carboxylic acids is 1. The first kappa shape index (κ1) is 14.7. The van der Waals surface area contributed by atoms with Gasteiger partial charge in [-0.1, -0.05) is 20.3 Å². The minimum atomic E-state index is -0.796. The first-order valence-electron chi connectivity index (χ1n) is 6.51. The molecule has 0 bridgehead atoms. The summed E-state index contributed by atoms with van der Waals surface area (Å²) in [5, 5.41) is 8.64. The molecule has 1 N–H and O–H groups in total. The van der Waals surface area contributed by atoms with E-state index >= 15 is 0 Å². The van der Waals surface area contributed by atoms with Gasteiger partial charge in [0, 0.05) is 25.3 Å². The minimum absolute atomic E-state index is 0.0897. The quantitative estimate of drug-likeness (QED) is 0.702. The second kappa shape index (κ2) is 6.52. The largest absolute Gasteiger partial charge is 0.481 e. The SMILES string of the molecule is CCC(CCC(=O)O)CCN1C(=O)CC(C)C1=O. The van der Waals surface area contributed by atoms with Crippen molar-refractivity contribution in [2.75, 3.05) is 6.54 Å². The fourth-order valence-electron chi connectivity index (χ4n) is 2.28. The van der Waals surface area contributed by atoms with E-state index in [0.717, 1.165) is 6.42 Å². The van der Waals surface area contributed by atoms with Gasteiger partial charge < -0.3 is 5.11 Å². The summed E-state index contributed by atoms with van der Waals surface area (Å²) >= 11 is 0. The third-order valence-electron chi connectivity index (χ3n) is 3.57. The van der Waals surface area contributed by atoms with E-state index in [1.165, 1.54) is 4.90 Å². The number of rotatable bonds is 7. The number of amides is 2. The summed E-state index contributed by atoms with van der Waals surface area (Å²) < 4.78 is 0. The van der Waals surface area contributed by atoms with Crippen LogP contribution in [0.3, 0.4) is 0 Å². The van der Waals surface area contributed by atoms with Crippen LogP contribution in [0.1, 0.15) is 46.0 Å². The summed E-state index contributed by atoms with van der Waals surface area (Å²) in [4.78, 5) is 35.1. The molecule has 2 amide bonds. The van der Waals surface area contributed by atoms with Crippen molar-refractivity contribution in [2.45, 2.75) is 46.0 Å². The van der Waals surface area contributed by atoms with Crippen LogP contribution < -0.4 is 0 Å².